The maximum atomic E-state index is 12.6. The van der Waals surface area contributed by atoms with Crippen LogP contribution in [0.3, 0.4) is 0 Å². The number of fused-ring (bicyclic) bond motifs is 3. The second kappa shape index (κ2) is 4.52. The summed E-state index contributed by atoms with van der Waals surface area (Å²) in [5.41, 5.74) is 1.20. The van der Waals surface area contributed by atoms with Gasteiger partial charge < -0.3 is 4.42 Å². The van der Waals surface area contributed by atoms with Crippen LogP contribution in [0.2, 0.25) is 0 Å². The zero-order chi connectivity index (χ0) is 13.5. The Bertz CT molecular complexity index is 819. The Labute approximate surface area is 118 Å². The van der Waals surface area contributed by atoms with Crippen molar-refractivity contribution in [1.29, 1.82) is 0 Å². The van der Waals surface area contributed by atoms with Crippen molar-refractivity contribution in [2.24, 2.45) is 0 Å². The Morgan fingerprint density at radius 2 is 2.25 bits per heavy atom. The number of aryl methyl sites for hydroxylation is 2. The number of rotatable bonds is 2. The highest BCUT2D eigenvalue weighted by Gasteiger charge is 2.20. The largest absolute Gasteiger partial charge is 0.426 e. The highest BCUT2D eigenvalue weighted by molar-refractivity contribution is 7.18. The molecule has 3 aromatic heterocycles. The maximum absolute atomic E-state index is 12.6. The molecule has 1 aliphatic carbocycles. The fourth-order valence-corrected chi connectivity index (χ4v) is 3.92. The van der Waals surface area contributed by atoms with Gasteiger partial charge in [0.15, 0.2) is 0 Å². The van der Waals surface area contributed by atoms with Gasteiger partial charge in [0.1, 0.15) is 11.4 Å². The highest BCUT2D eigenvalue weighted by atomic mass is 32.1. The molecule has 0 amide bonds. The lowest BCUT2D eigenvalue weighted by atomic mass is 9.97. The second-order valence-electron chi connectivity index (χ2n) is 4.90. The Hall–Kier alpha value is -2.02. The van der Waals surface area contributed by atoms with E-state index in [1.54, 1.807) is 17.7 Å². The van der Waals surface area contributed by atoms with Gasteiger partial charge in [-0.1, -0.05) is 0 Å². The fraction of sp³-hybridized carbons (Fsp3) is 0.385. The van der Waals surface area contributed by atoms with Crippen molar-refractivity contribution in [1.82, 2.24) is 19.7 Å². The molecule has 0 saturated carbocycles. The summed E-state index contributed by atoms with van der Waals surface area (Å²) in [4.78, 5) is 19.2. The lowest BCUT2D eigenvalue weighted by Crippen LogP contribution is -2.21. The van der Waals surface area contributed by atoms with Crippen LogP contribution in [0.5, 0.6) is 0 Å². The zero-order valence-electron chi connectivity index (χ0n) is 10.7. The number of nitrogens with zero attached hydrogens (tertiary/aromatic N) is 4. The van der Waals surface area contributed by atoms with Crippen LogP contribution in [-0.2, 0) is 19.4 Å². The standard InChI is InChI=1S/C13H12N4O2S/c18-13-11-8-3-1-2-4-9(8)20-12(11)14-6-17(13)5-10-16-15-7-19-10/h6-7H,1-5H2. The van der Waals surface area contributed by atoms with E-state index in [1.165, 1.54) is 27.8 Å². The third-order valence-corrected chi connectivity index (χ3v) is 4.85. The molecule has 6 nitrogen and oxygen atoms in total. The molecule has 4 rings (SSSR count). The predicted molar refractivity (Wildman–Crippen MR) is 73.9 cm³/mol. The highest BCUT2D eigenvalue weighted by Crippen LogP contribution is 2.33. The quantitative estimate of drug-likeness (QED) is 0.718. The SMILES string of the molecule is O=c1c2c3c(sc2ncn1Cc1nnco1)CCCC3. The van der Waals surface area contributed by atoms with Crippen molar-refractivity contribution < 1.29 is 4.42 Å². The van der Waals surface area contributed by atoms with Gasteiger partial charge in [-0.15, -0.1) is 21.5 Å². The first-order valence-corrected chi connectivity index (χ1v) is 7.39. The first kappa shape index (κ1) is 11.8. The monoisotopic (exact) mass is 288 g/mol. The Morgan fingerprint density at radius 3 is 3.10 bits per heavy atom. The first-order valence-electron chi connectivity index (χ1n) is 6.57. The van der Waals surface area contributed by atoms with Crippen molar-refractivity contribution in [3.63, 3.8) is 0 Å². The molecule has 0 spiro atoms. The van der Waals surface area contributed by atoms with E-state index in [9.17, 15) is 4.79 Å². The maximum Gasteiger partial charge on any atom is 0.262 e. The fourth-order valence-electron chi connectivity index (χ4n) is 2.70. The van der Waals surface area contributed by atoms with E-state index in [2.05, 4.69) is 15.2 Å². The molecular formula is C13H12N4O2S. The molecule has 3 aromatic rings. The van der Waals surface area contributed by atoms with Gasteiger partial charge in [-0.05, 0) is 31.2 Å². The van der Waals surface area contributed by atoms with Crippen LogP contribution in [0, 0.1) is 0 Å². The minimum Gasteiger partial charge on any atom is -0.426 e. The van der Waals surface area contributed by atoms with Gasteiger partial charge in [0, 0.05) is 4.88 Å². The smallest absolute Gasteiger partial charge is 0.262 e. The Morgan fingerprint density at radius 1 is 1.35 bits per heavy atom. The zero-order valence-corrected chi connectivity index (χ0v) is 11.5. The van der Waals surface area contributed by atoms with E-state index >= 15 is 0 Å². The van der Waals surface area contributed by atoms with Crippen LogP contribution in [-0.4, -0.2) is 19.7 Å². The normalized spacial score (nSPS) is 14.6. The number of aromatic nitrogens is 4. The van der Waals surface area contributed by atoms with Gasteiger partial charge in [-0.3, -0.25) is 9.36 Å². The third kappa shape index (κ3) is 1.77. The van der Waals surface area contributed by atoms with Gasteiger partial charge >= 0.3 is 0 Å². The predicted octanol–water partition coefficient (Wildman–Crippen LogP) is 1.77. The second-order valence-corrected chi connectivity index (χ2v) is 5.98. The molecule has 1 aliphatic rings. The van der Waals surface area contributed by atoms with Gasteiger partial charge in [0.25, 0.3) is 5.56 Å². The molecule has 0 radical (unpaired) electrons. The van der Waals surface area contributed by atoms with E-state index in [-0.39, 0.29) is 12.1 Å². The van der Waals surface area contributed by atoms with Gasteiger partial charge in [0.2, 0.25) is 12.3 Å². The van der Waals surface area contributed by atoms with Crippen molar-refractivity contribution in [3.05, 3.63) is 39.4 Å². The summed E-state index contributed by atoms with van der Waals surface area (Å²) in [6, 6.07) is 0. The summed E-state index contributed by atoms with van der Waals surface area (Å²) in [7, 11) is 0. The van der Waals surface area contributed by atoms with Crippen LogP contribution in [0.15, 0.2) is 21.9 Å². The van der Waals surface area contributed by atoms with Crippen LogP contribution < -0.4 is 5.56 Å². The molecule has 0 fully saturated rings. The molecule has 20 heavy (non-hydrogen) atoms. The van der Waals surface area contributed by atoms with Gasteiger partial charge in [-0.25, -0.2) is 4.98 Å². The van der Waals surface area contributed by atoms with Crippen molar-refractivity contribution in [3.8, 4) is 0 Å². The number of hydrogen-bond donors (Lipinski definition) is 0. The molecule has 3 heterocycles. The molecule has 0 N–H and O–H groups in total. The molecule has 0 unspecified atom stereocenters. The molecule has 0 aromatic carbocycles. The molecular weight excluding hydrogens is 276 g/mol. The third-order valence-electron chi connectivity index (χ3n) is 3.65. The van der Waals surface area contributed by atoms with E-state index < -0.39 is 0 Å². The number of hydrogen-bond acceptors (Lipinski definition) is 6. The summed E-state index contributed by atoms with van der Waals surface area (Å²) in [5.74, 6) is 0.414. The minimum atomic E-state index is -0.00685. The topological polar surface area (TPSA) is 73.8 Å². The Kier molecular flexibility index (Phi) is 2.66. The first-order chi connectivity index (χ1) is 9.83. The van der Waals surface area contributed by atoms with Crippen molar-refractivity contribution >= 4 is 21.6 Å². The van der Waals surface area contributed by atoms with Crippen LogP contribution in [0.25, 0.3) is 10.2 Å². The molecule has 0 bridgehead atoms. The average Bonchev–Trinajstić information content (AvgIpc) is 3.09. The lowest BCUT2D eigenvalue weighted by molar-refractivity contribution is 0.473. The molecule has 102 valence electrons. The van der Waals surface area contributed by atoms with Crippen LogP contribution in [0.1, 0.15) is 29.2 Å². The van der Waals surface area contributed by atoms with E-state index in [0.29, 0.717) is 5.89 Å². The summed E-state index contributed by atoms with van der Waals surface area (Å²) >= 11 is 1.65. The summed E-state index contributed by atoms with van der Waals surface area (Å²) in [6.45, 7) is 0.270. The van der Waals surface area contributed by atoms with Crippen LogP contribution >= 0.6 is 11.3 Å². The lowest BCUT2D eigenvalue weighted by Gasteiger charge is -2.10. The summed E-state index contributed by atoms with van der Waals surface area (Å²) in [6.07, 6.45) is 7.23. The number of thiophene rings is 1. The van der Waals surface area contributed by atoms with Crippen LogP contribution in [0.4, 0.5) is 0 Å². The summed E-state index contributed by atoms with van der Waals surface area (Å²) < 4.78 is 6.63. The average molecular weight is 288 g/mol. The van der Waals surface area contributed by atoms with E-state index in [4.69, 9.17) is 4.42 Å². The molecule has 0 saturated heterocycles. The van der Waals surface area contributed by atoms with Crippen molar-refractivity contribution in [2.75, 3.05) is 0 Å². The van der Waals surface area contributed by atoms with Gasteiger partial charge in [-0.2, -0.15) is 0 Å². The van der Waals surface area contributed by atoms with E-state index in [0.717, 1.165) is 29.5 Å². The summed E-state index contributed by atoms with van der Waals surface area (Å²) in [5, 5.41) is 8.21. The molecule has 0 aliphatic heterocycles. The van der Waals surface area contributed by atoms with Crippen molar-refractivity contribution in [2.45, 2.75) is 32.2 Å². The minimum absolute atomic E-state index is 0.00685. The molecule has 7 heteroatoms. The Balaban J connectivity index is 1.87. The molecule has 0 atom stereocenters. The van der Waals surface area contributed by atoms with E-state index in [1.807, 2.05) is 0 Å². The van der Waals surface area contributed by atoms with Gasteiger partial charge in [0.05, 0.1) is 11.7 Å².